The van der Waals surface area contributed by atoms with E-state index in [-0.39, 0.29) is 16.9 Å². The SMILES string of the molecule is Cc1c(F)c2c(c(OCc3ccccc3)c1C(=O)Oc1ccccc1)CN(C1CC1)C2. The number of nitrogens with zero attached hydrogens (tertiary/aromatic N) is 1. The summed E-state index contributed by atoms with van der Waals surface area (Å²) >= 11 is 0. The number of fused-ring (bicyclic) bond motifs is 1. The zero-order valence-electron chi connectivity index (χ0n) is 17.4. The van der Waals surface area contributed by atoms with E-state index in [1.54, 1.807) is 31.2 Å². The van der Waals surface area contributed by atoms with E-state index in [1.807, 2.05) is 36.4 Å². The summed E-state index contributed by atoms with van der Waals surface area (Å²) in [5.74, 6) is -0.0631. The van der Waals surface area contributed by atoms with Crippen LogP contribution in [-0.2, 0) is 19.7 Å². The van der Waals surface area contributed by atoms with E-state index in [4.69, 9.17) is 9.47 Å². The Morgan fingerprint density at radius 1 is 1.00 bits per heavy atom. The molecule has 0 N–H and O–H groups in total. The molecule has 158 valence electrons. The number of carbonyl (C=O) groups is 1. The van der Waals surface area contributed by atoms with E-state index >= 15 is 4.39 Å². The molecular weight excluding hydrogens is 393 g/mol. The zero-order valence-corrected chi connectivity index (χ0v) is 17.4. The molecule has 3 aromatic carbocycles. The summed E-state index contributed by atoms with van der Waals surface area (Å²) in [4.78, 5) is 15.4. The molecule has 0 radical (unpaired) electrons. The van der Waals surface area contributed by atoms with Gasteiger partial charge in [0.25, 0.3) is 0 Å². The molecular formula is C26H24FNO3. The fraction of sp³-hybridized carbons (Fsp3) is 0.269. The number of benzene rings is 3. The van der Waals surface area contributed by atoms with Gasteiger partial charge in [-0.25, -0.2) is 9.18 Å². The van der Waals surface area contributed by atoms with E-state index in [2.05, 4.69) is 4.90 Å². The first-order chi connectivity index (χ1) is 15.1. The monoisotopic (exact) mass is 417 g/mol. The minimum Gasteiger partial charge on any atom is -0.488 e. The molecule has 0 unspecified atom stereocenters. The smallest absolute Gasteiger partial charge is 0.347 e. The third-order valence-corrected chi connectivity index (χ3v) is 6.00. The van der Waals surface area contributed by atoms with Crippen molar-refractivity contribution >= 4 is 5.97 Å². The first-order valence-corrected chi connectivity index (χ1v) is 10.6. The van der Waals surface area contributed by atoms with Crippen molar-refractivity contribution in [3.05, 3.63) is 94.3 Å². The summed E-state index contributed by atoms with van der Waals surface area (Å²) in [6, 6.07) is 19.1. The maximum Gasteiger partial charge on any atom is 0.347 e. The second kappa shape index (κ2) is 8.16. The van der Waals surface area contributed by atoms with E-state index in [0.717, 1.165) is 24.0 Å². The van der Waals surface area contributed by atoms with Gasteiger partial charge < -0.3 is 9.47 Å². The Labute approximate surface area is 181 Å². The molecule has 0 spiro atoms. The van der Waals surface area contributed by atoms with Crippen molar-refractivity contribution in [3.8, 4) is 11.5 Å². The lowest BCUT2D eigenvalue weighted by Crippen LogP contribution is -2.18. The number of halogens is 1. The minimum absolute atomic E-state index is 0.175. The summed E-state index contributed by atoms with van der Waals surface area (Å²) in [7, 11) is 0. The molecule has 2 aliphatic rings. The molecule has 1 aliphatic carbocycles. The van der Waals surface area contributed by atoms with Crippen LogP contribution in [-0.4, -0.2) is 16.9 Å². The highest BCUT2D eigenvalue weighted by Gasteiger charge is 2.38. The fourth-order valence-electron chi connectivity index (χ4n) is 4.20. The number of hydrogen-bond acceptors (Lipinski definition) is 4. The molecule has 1 fully saturated rings. The summed E-state index contributed by atoms with van der Waals surface area (Å²) in [6.45, 7) is 3.08. The summed E-state index contributed by atoms with van der Waals surface area (Å²) in [6.07, 6.45) is 2.27. The maximum absolute atomic E-state index is 15.4. The average molecular weight is 417 g/mol. The van der Waals surface area contributed by atoms with Crippen molar-refractivity contribution in [1.82, 2.24) is 4.90 Å². The number of esters is 1. The van der Waals surface area contributed by atoms with Crippen LogP contribution in [0.2, 0.25) is 0 Å². The Balaban J connectivity index is 1.54. The largest absolute Gasteiger partial charge is 0.488 e. The van der Waals surface area contributed by atoms with Crippen molar-refractivity contribution in [3.63, 3.8) is 0 Å². The van der Waals surface area contributed by atoms with Gasteiger partial charge in [0.1, 0.15) is 29.5 Å². The molecule has 4 nitrogen and oxygen atoms in total. The number of para-hydroxylation sites is 1. The van der Waals surface area contributed by atoms with Crippen LogP contribution >= 0.6 is 0 Å². The van der Waals surface area contributed by atoms with Gasteiger partial charge in [0.15, 0.2) is 0 Å². The molecule has 0 bridgehead atoms. The van der Waals surface area contributed by atoms with Crippen molar-refractivity contribution in [1.29, 1.82) is 0 Å². The minimum atomic E-state index is -0.599. The van der Waals surface area contributed by atoms with Gasteiger partial charge >= 0.3 is 5.97 Å². The van der Waals surface area contributed by atoms with Crippen LogP contribution in [0, 0.1) is 12.7 Å². The first-order valence-electron chi connectivity index (χ1n) is 10.6. The van der Waals surface area contributed by atoms with Crippen LogP contribution in [0.25, 0.3) is 0 Å². The van der Waals surface area contributed by atoms with Gasteiger partial charge in [0.2, 0.25) is 0 Å². The Hall–Kier alpha value is -3.18. The molecule has 1 saturated carbocycles. The van der Waals surface area contributed by atoms with Gasteiger partial charge in [-0.1, -0.05) is 48.5 Å². The molecule has 0 amide bonds. The highest BCUT2D eigenvalue weighted by atomic mass is 19.1. The van der Waals surface area contributed by atoms with Crippen LogP contribution in [0.15, 0.2) is 60.7 Å². The first kappa shape index (κ1) is 19.8. The Kier molecular flexibility index (Phi) is 5.20. The van der Waals surface area contributed by atoms with Gasteiger partial charge in [-0.05, 0) is 37.5 Å². The van der Waals surface area contributed by atoms with E-state index < -0.39 is 5.97 Å². The topological polar surface area (TPSA) is 38.8 Å². The average Bonchev–Trinajstić information content (AvgIpc) is 3.55. The van der Waals surface area contributed by atoms with Crippen molar-refractivity contribution in [2.24, 2.45) is 0 Å². The fourth-order valence-corrected chi connectivity index (χ4v) is 4.20. The number of carbonyl (C=O) groups excluding carboxylic acids is 1. The van der Waals surface area contributed by atoms with Gasteiger partial charge in [-0.15, -0.1) is 0 Å². The summed E-state index contributed by atoms with van der Waals surface area (Å²) in [5, 5.41) is 0. The molecule has 1 aliphatic heterocycles. The molecule has 5 rings (SSSR count). The number of ether oxygens (including phenoxy) is 2. The standard InChI is InChI=1S/C26H24FNO3/c1-17-23(26(29)31-20-10-6-3-7-11-20)25(30-16-18-8-4-2-5-9-18)22-15-28(19-12-13-19)14-21(22)24(17)27/h2-11,19H,12-16H2,1H3. The van der Waals surface area contributed by atoms with E-state index in [0.29, 0.717) is 42.8 Å². The molecule has 5 heteroatoms. The molecule has 31 heavy (non-hydrogen) atoms. The number of hydrogen-bond donors (Lipinski definition) is 0. The van der Waals surface area contributed by atoms with Crippen LogP contribution in [0.5, 0.6) is 11.5 Å². The quantitative estimate of drug-likeness (QED) is 0.397. The van der Waals surface area contributed by atoms with Crippen LogP contribution in [0.3, 0.4) is 0 Å². The van der Waals surface area contributed by atoms with Gasteiger partial charge in [0.05, 0.1) is 0 Å². The zero-order chi connectivity index (χ0) is 21.4. The lowest BCUT2D eigenvalue weighted by atomic mass is 9.98. The van der Waals surface area contributed by atoms with Crippen molar-refractivity contribution in [2.75, 3.05) is 0 Å². The Morgan fingerprint density at radius 3 is 2.32 bits per heavy atom. The van der Waals surface area contributed by atoms with Crippen LogP contribution in [0.4, 0.5) is 4.39 Å². The second-order valence-electron chi connectivity index (χ2n) is 8.21. The van der Waals surface area contributed by atoms with E-state index in [1.165, 1.54) is 0 Å². The normalized spacial score (nSPS) is 15.5. The predicted octanol–water partition coefficient (Wildman–Crippen LogP) is 5.41. The van der Waals surface area contributed by atoms with Crippen molar-refractivity contribution in [2.45, 2.75) is 45.5 Å². The maximum atomic E-state index is 15.4. The lowest BCUT2D eigenvalue weighted by molar-refractivity contribution is 0.0728. The predicted molar refractivity (Wildman–Crippen MR) is 116 cm³/mol. The molecule has 0 saturated heterocycles. The van der Waals surface area contributed by atoms with Gasteiger partial charge in [-0.3, -0.25) is 4.90 Å². The van der Waals surface area contributed by atoms with E-state index in [9.17, 15) is 4.79 Å². The summed E-state index contributed by atoms with van der Waals surface area (Å²) < 4.78 is 27.2. The van der Waals surface area contributed by atoms with Crippen molar-refractivity contribution < 1.29 is 18.7 Å². The van der Waals surface area contributed by atoms with Crippen LogP contribution in [0.1, 0.15) is 45.5 Å². The molecule has 0 aromatic heterocycles. The molecule has 3 aromatic rings. The Bertz CT molecular complexity index is 1110. The highest BCUT2D eigenvalue weighted by Crippen LogP contribution is 2.43. The molecule has 1 heterocycles. The Morgan fingerprint density at radius 2 is 1.65 bits per heavy atom. The van der Waals surface area contributed by atoms with Gasteiger partial charge in [-0.2, -0.15) is 0 Å². The molecule has 0 atom stereocenters. The summed E-state index contributed by atoms with van der Waals surface area (Å²) in [5.41, 5.74) is 2.85. The third kappa shape index (κ3) is 3.93. The number of rotatable bonds is 6. The van der Waals surface area contributed by atoms with Gasteiger partial charge in [0, 0.05) is 35.8 Å². The second-order valence-corrected chi connectivity index (χ2v) is 8.21. The van der Waals surface area contributed by atoms with Crippen LogP contribution < -0.4 is 9.47 Å². The highest BCUT2D eigenvalue weighted by molar-refractivity contribution is 5.96. The third-order valence-electron chi connectivity index (χ3n) is 6.00. The lowest BCUT2D eigenvalue weighted by Gasteiger charge is -2.18.